The van der Waals surface area contributed by atoms with E-state index in [-0.39, 0.29) is 18.3 Å². The average molecular weight is 428 g/mol. The second-order valence-corrected chi connectivity index (χ2v) is 8.18. The number of carbonyl (C=O) groups excluding carboxylic acids is 1. The Morgan fingerprint density at radius 1 is 1.27 bits per heavy atom. The summed E-state index contributed by atoms with van der Waals surface area (Å²) in [5, 5.41) is 3.36. The number of thiophene rings is 1. The van der Waals surface area contributed by atoms with Gasteiger partial charge in [-0.25, -0.2) is 4.98 Å². The monoisotopic (exact) mass is 427 g/mol. The van der Waals surface area contributed by atoms with Gasteiger partial charge >= 0.3 is 0 Å². The van der Waals surface area contributed by atoms with Crippen LogP contribution in [0.2, 0.25) is 5.02 Å². The van der Waals surface area contributed by atoms with Gasteiger partial charge in [0, 0.05) is 29.1 Å². The second-order valence-electron chi connectivity index (χ2n) is 5.75. The molecule has 8 heteroatoms. The molecule has 0 saturated carbocycles. The number of rotatable bonds is 6. The topological polar surface area (TPSA) is 36.4 Å². The summed E-state index contributed by atoms with van der Waals surface area (Å²) in [6, 6.07) is 9.53. The minimum absolute atomic E-state index is 0. The summed E-state index contributed by atoms with van der Waals surface area (Å²) < 4.78 is 0.979. The molecule has 2 aromatic heterocycles. The molecule has 0 spiro atoms. The number of hydrogen-bond donors (Lipinski definition) is 0. The standard InChI is InChI=1S/C18H18ClN3OS2.ClH/c1-21(2)9-10-22(17(23)8-6-14-4-3-11-24-14)18-20-15-7-5-13(19)12-16(15)25-18;/h3-8,11-12H,9-10H2,1-2H3;1H. The zero-order valence-corrected chi connectivity index (χ0v) is 17.6. The highest BCUT2D eigenvalue weighted by molar-refractivity contribution is 7.22. The van der Waals surface area contributed by atoms with Crippen molar-refractivity contribution in [3.63, 3.8) is 0 Å². The second kappa shape index (κ2) is 9.48. The van der Waals surface area contributed by atoms with Gasteiger partial charge in [-0.1, -0.05) is 29.0 Å². The molecule has 0 aliphatic rings. The molecule has 0 unspecified atom stereocenters. The summed E-state index contributed by atoms with van der Waals surface area (Å²) in [4.78, 5) is 22.2. The van der Waals surface area contributed by atoms with Crippen LogP contribution in [0, 0.1) is 0 Å². The summed E-state index contributed by atoms with van der Waals surface area (Å²) in [6.45, 7) is 1.34. The summed E-state index contributed by atoms with van der Waals surface area (Å²) in [5.41, 5.74) is 0.856. The number of thiazole rings is 1. The fourth-order valence-corrected chi connectivity index (χ4v) is 4.12. The van der Waals surface area contributed by atoms with E-state index in [0.717, 1.165) is 21.6 Å². The van der Waals surface area contributed by atoms with E-state index in [9.17, 15) is 4.79 Å². The van der Waals surface area contributed by atoms with Crippen LogP contribution in [0.3, 0.4) is 0 Å². The molecule has 1 aromatic carbocycles. The lowest BCUT2D eigenvalue weighted by Crippen LogP contribution is -2.35. The van der Waals surface area contributed by atoms with Crippen molar-refractivity contribution in [1.29, 1.82) is 0 Å². The molecule has 0 atom stereocenters. The number of nitrogens with zero attached hydrogens (tertiary/aromatic N) is 3. The number of fused-ring (bicyclic) bond motifs is 1. The number of hydrogen-bond acceptors (Lipinski definition) is 5. The number of benzene rings is 1. The van der Waals surface area contributed by atoms with E-state index in [1.54, 1.807) is 22.3 Å². The molecule has 0 radical (unpaired) electrons. The fourth-order valence-electron chi connectivity index (χ4n) is 2.23. The van der Waals surface area contributed by atoms with Crippen molar-refractivity contribution in [3.05, 3.63) is 51.7 Å². The van der Waals surface area contributed by atoms with Crippen LogP contribution in [0.4, 0.5) is 5.13 Å². The number of amides is 1. The number of likely N-dealkylation sites (N-methyl/N-ethyl adjacent to an activating group) is 1. The maximum absolute atomic E-state index is 12.8. The van der Waals surface area contributed by atoms with Crippen molar-refractivity contribution in [2.75, 3.05) is 32.1 Å². The third-order valence-corrected chi connectivity index (χ3v) is 5.65. The van der Waals surface area contributed by atoms with Crippen LogP contribution >= 0.6 is 46.7 Å². The van der Waals surface area contributed by atoms with Gasteiger partial charge in [0.15, 0.2) is 5.13 Å². The van der Waals surface area contributed by atoms with Crippen LogP contribution in [0.25, 0.3) is 16.3 Å². The van der Waals surface area contributed by atoms with Crippen LogP contribution < -0.4 is 4.90 Å². The van der Waals surface area contributed by atoms with Crippen molar-refractivity contribution in [2.45, 2.75) is 0 Å². The highest BCUT2D eigenvalue weighted by Crippen LogP contribution is 2.31. The number of aromatic nitrogens is 1. The van der Waals surface area contributed by atoms with Crippen molar-refractivity contribution in [3.8, 4) is 0 Å². The van der Waals surface area contributed by atoms with Gasteiger partial charge in [0.05, 0.1) is 10.2 Å². The smallest absolute Gasteiger partial charge is 0.252 e. The summed E-state index contributed by atoms with van der Waals surface area (Å²) >= 11 is 9.15. The van der Waals surface area contributed by atoms with Crippen LogP contribution in [0.5, 0.6) is 0 Å². The lowest BCUT2D eigenvalue weighted by molar-refractivity contribution is -0.114. The first-order valence-electron chi connectivity index (χ1n) is 7.77. The van der Waals surface area contributed by atoms with Gasteiger partial charge in [-0.2, -0.15) is 0 Å². The summed E-state index contributed by atoms with van der Waals surface area (Å²) in [7, 11) is 3.98. The Balaban J connectivity index is 0.00000243. The van der Waals surface area contributed by atoms with Gasteiger partial charge in [0.25, 0.3) is 5.91 Å². The van der Waals surface area contributed by atoms with Gasteiger partial charge in [-0.3, -0.25) is 9.69 Å². The molecule has 0 bridgehead atoms. The normalized spacial score (nSPS) is 11.2. The summed E-state index contributed by atoms with van der Waals surface area (Å²) in [6.07, 6.45) is 3.46. The van der Waals surface area contributed by atoms with Gasteiger partial charge < -0.3 is 4.90 Å². The van der Waals surface area contributed by atoms with E-state index in [1.807, 2.05) is 60.8 Å². The lowest BCUT2D eigenvalue weighted by Gasteiger charge is -2.20. The molecule has 0 aliphatic carbocycles. The number of carbonyl (C=O) groups is 1. The first kappa shape index (κ1) is 20.9. The molecule has 0 N–H and O–H groups in total. The van der Waals surface area contributed by atoms with E-state index >= 15 is 0 Å². The third-order valence-electron chi connectivity index (χ3n) is 3.54. The number of anilines is 1. The molecular weight excluding hydrogens is 409 g/mol. The predicted molar refractivity (Wildman–Crippen MR) is 116 cm³/mol. The Labute approximate surface area is 172 Å². The van der Waals surface area contributed by atoms with E-state index in [4.69, 9.17) is 11.6 Å². The van der Waals surface area contributed by atoms with Crippen molar-refractivity contribution >= 4 is 74.0 Å². The van der Waals surface area contributed by atoms with Gasteiger partial charge in [-0.05, 0) is 49.8 Å². The summed E-state index contributed by atoms with van der Waals surface area (Å²) in [5.74, 6) is -0.0691. The number of halogens is 2. The lowest BCUT2D eigenvalue weighted by atomic mass is 10.3. The van der Waals surface area contributed by atoms with Crippen LogP contribution in [0.15, 0.2) is 41.8 Å². The Hall–Kier alpha value is -1.44. The molecular formula is C18H19Cl2N3OS2. The van der Waals surface area contributed by atoms with Crippen molar-refractivity contribution < 1.29 is 4.79 Å². The largest absolute Gasteiger partial charge is 0.308 e. The SMILES string of the molecule is CN(C)CCN(C(=O)C=Cc1cccs1)c1nc2ccc(Cl)cc2s1.Cl. The van der Waals surface area contributed by atoms with Crippen LogP contribution in [-0.4, -0.2) is 43.0 Å². The van der Waals surface area contributed by atoms with E-state index < -0.39 is 0 Å². The van der Waals surface area contributed by atoms with Crippen LogP contribution in [0.1, 0.15) is 4.88 Å². The highest BCUT2D eigenvalue weighted by Gasteiger charge is 2.18. The van der Waals surface area contributed by atoms with Gasteiger partial charge in [0.2, 0.25) is 0 Å². The average Bonchev–Trinajstić information content (AvgIpc) is 3.21. The first-order valence-corrected chi connectivity index (χ1v) is 9.84. The Morgan fingerprint density at radius 3 is 2.77 bits per heavy atom. The first-order chi connectivity index (χ1) is 12.0. The predicted octanol–water partition coefficient (Wildman–Crippen LogP) is 5.04. The third kappa shape index (κ3) is 5.28. The zero-order valence-electron chi connectivity index (χ0n) is 14.4. The highest BCUT2D eigenvalue weighted by atomic mass is 35.5. The van der Waals surface area contributed by atoms with E-state index in [2.05, 4.69) is 4.98 Å². The zero-order chi connectivity index (χ0) is 17.8. The van der Waals surface area contributed by atoms with E-state index in [1.165, 1.54) is 11.3 Å². The molecule has 3 rings (SSSR count). The molecule has 0 fully saturated rings. The molecule has 138 valence electrons. The quantitative estimate of drug-likeness (QED) is 0.516. The molecule has 26 heavy (non-hydrogen) atoms. The van der Waals surface area contributed by atoms with Crippen molar-refractivity contribution in [2.24, 2.45) is 0 Å². The fraction of sp³-hybridized carbons (Fsp3) is 0.222. The van der Waals surface area contributed by atoms with Crippen LogP contribution in [-0.2, 0) is 4.79 Å². The maximum Gasteiger partial charge on any atom is 0.252 e. The Bertz CT molecular complexity index is 891. The Kier molecular flexibility index (Phi) is 7.61. The Morgan fingerprint density at radius 2 is 2.08 bits per heavy atom. The molecule has 3 aromatic rings. The molecule has 2 heterocycles. The van der Waals surface area contributed by atoms with Gasteiger partial charge in [0.1, 0.15) is 0 Å². The molecule has 1 amide bonds. The minimum atomic E-state index is -0.0691. The minimum Gasteiger partial charge on any atom is -0.308 e. The van der Waals surface area contributed by atoms with Crippen molar-refractivity contribution in [1.82, 2.24) is 9.88 Å². The molecule has 0 saturated heterocycles. The maximum atomic E-state index is 12.8. The molecule has 4 nitrogen and oxygen atoms in total. The molecule has 0 aliphatic heterocycles. The van der Waals surface area contributed by atoms with E-state index in [0.29, 0.717) is 16.7 Å². The van der Waals surface area contributed by atoms with Gasteiger partial charge in [-0.15, -0.1) is 23.7 Å².